The predicted molar refractivity (Wildman–Crippen MR) is 72.0 cm³/mol. The summed E-state index contributed by atoms with van der Waals surface area (Å²) >= 11 is 6.12. The van der Waals surface area contributed by atoms with Gasteiger partial charge < -0.3 is 4.90 Å². The Kier molecular flexibility index (Phi) is 3.53. The number of halogens is 1. The number of carbonyl (C=O) groups excluding carboxylic acids is 1. The van der Waals surface area contributed by atoms with Crippen molar-refractivity contribution in [3.63, 3.8) is 0 Å². The van der Waals surface area contributed by atoms with Gasteiger partial charge in [0.2, 0.25) is 0 Å². The van der Waals surface area contributed by atoms with Crippen LogP contribution in [0.25, 0.3) is 0 Å². The van der Waals surface area contributed by atoms with Gasteiger partial charge in [-0.25, -0.2) is 0 Å². The first-order valence-electron chi connectivity index (χ1n) is 5.81. The van der Waals surface area contributed by atoms with Crippen molar-refractivity contribution in [2.75, 3.05) is 11.4 Å². The largest absolute Gasteiger partial charge is 0.365 e. The molecule has 0 bridgehead atoms. The Balaban J connectivity index is 2.28. The Morgan fingerprint density at radius 3 is 2.76 bits per heavy atom. The first-order chi connectivity index (χ1) is 8.13. The number of carbonyl (C=O) groups is 1. The van der Waals surface area contributed by atoms with Crippen LogP contribution in [-0.2, 0) is 0 Å². The van der Waals surface area contributed by atoms with E-state index in [4.69, 9.17) is 11.6 Å². The van der Waals surface area contributed by atoms with Crippen LogP contribution in [-0.4, -0.2) is 18.4 Å². The summed E-state index contributed by atoms with van der Waals surface area (Å²) in [6.07, 6.45) is 4.34. The predicted octanol–water partition coefficient (Wildman–Crippen LogP) is 3.70. The number of nitrogens with zero attached hydrogens (tertiary/aromatic N) is 1. The molecule has 0 radical (unpaired) electrons. The Labute approximate surface area is 107 Å². The smallest absolute Gasteiger partial charge is 0.161 e. The fraction of sp³-hybridized carbons (Fsp3) is 0.357. The highest BCUT2D eigenvalue weighted by atomic mass is 35.5. The number of hydrogen-bond donors (Lipinski definition) is 0. The molecule has 90 valence electrons. The minimum absolute atomic E-state index is 0.00300. The average Bonchev–Trinajstić information content (AvgIpc) is 3.09. The number of Topliss-reactive ketones (excluding diaryl/α,β-unsaturated/α-hetero) is 1. The van der Waals surface area contributed by atoms with Gasteiger partial charge in [0.25, 0.3) is 0 Å². The van der Waals surface area contributed by atoms with Gasteiger partial charge in [0.05, 0.1) is 5.02 Å². The molecule has 0 heterocycles. The van der Waals surface area contributed by atoms with E-state index in [9.17, 15) is 4.79 Å². The molecule has 1 saturated carbocycles. The second-order valence-electron chi connectivity index (χ2n) is 4.39. The first kappa shape index (κ1) is 12.2. The molecule has 1 aliphatic carbocycles. The molecular formula is C14H16ClNO. The number of ketones is 1. The van der Waals surface area contributed by atoms with E-state index in [0.717, 1.165) is 12.2 Å². The molecule has 0 atom stereocenters. The maximum atomic E-state index is 11.3. The summed E-state index contributed by atoms with van der Waals surface area (Å²) in [4.78, 5) is 13.6. The van der Waals surface area contributed by atoms with E-state index in [-0.39, 0.29) is 5.78 Å². The Morgan fingerprint density at radius 1 is 1.59 bits per heavy atom. The molecule has 17 heavy (non-hydrogen) atoms. The molecule has 2 rings (SSSR count). The van der Waals surface area contributed by atoms with Gasteiger partial charge in [-0.3, -0.25) is 4.79 Å². The van der Waals surface area contributed by atoms with Gasteiger partial charge in [0.1, 0.15) is 0 Å². The molecule has 0 unspecified atom stereocenters. The fourth-order valence-electron chi connectivity index (χ4n) is 1.96. The van der Waals surface area contributed by atoms with Gasteiger partial charge in [0.15, 0.2) is 5.78 Å². The minimum Gasteiger partial charge on any atom is -0.365 e. The number of rotatable bonds is 5. The average molecular weight is 250 g/mol. The number of benzene rings is 1. The van der Waals surface area contributed by atoms with E-state index < -0.39 is 0 Å². The Hall–Kier alpha value is -1.28. The molecule has 3 heteroatoms. The summed E-state index contributed by atoms with van der Waals surface area (Å²) in [5.41, 5.74) is 1.66. The molecule has 1 aromatic carbocycles. The van der Waals surface area contributed by atoms with Crippen LogP contribution in [0.3, 0.4) is 0 Å². The molecule has 0 spiro atoms. The van der Waals surface area contributed by atoms with E-state index in [1.54, 1.807) is 6.07 Å². The Bertz CT molecular complexity index is 452. The maximum absolute atomic E-state index is 11.3. The summed E-state index contributed by atoms with van der Waals surface area (Å²) < 4.78 is 0. The second kappa shape index (κ2) is 4.92. The highest BCUT2D eigenvalue weighted by Gasteiger charge is 2.28. The molecule has 2 nitrogen and oxygen atoms in total. The fourth-order valence-corrected chi connectivity index (χ4v) is 2.27. The van der Waals surface area contributed by atoms with Gasteiger partial charge in [-0.05, 0) is 38.0 Å². The van der Waals surface area contributed by atoms with Crippen LogP contribution < -0.4 is 4.90 Å². The standard InChI is InChI=1S/C14H16ClNO/c1-3-8-16(11-4-5-11)12-6-7-13(10(2)17)14(15)9-12/h3,6-7,9,11H,1,4-5,8H2,2H3. The van der Waals surface area contributed by atoms with E-state index in [2.05, 4.69) is 11.5 Å². The van der Waals surface area contributed by atoms with Crippen LogP contribution >= 0.6 is 11.6 Å². The van der Waals surface area contributed by atoms with Gasteiger partial charge in [-0.2, -0.15) is 0 Å². The molecule has 0 saturated heterocycles. The van der Waals surface area contributed by atoms with Crippen molar-refractivity contribution in [2.24, 2.45) is 0 Å². The van der Waals surface area contributed by atoms with Crippen LogP contribution in [0.1, 0.15) is 30.1 Å². The molecule has 0 aliphatic heterocycles. The van der Waals surface area contributed by atoms with Crippen LogP contribution in [0.15, 0.2) is 30.9 Å². The summed E-state index contributed by atoms with van der Waals surface area (Å²) in [6, 6.07) is 6.25. The van der Waals surface area contributed by atoms with E-state index in [1.165, 1.54) is 19.8 Å². The van der Waals surface area contributed by atoms with Crippen molar-refractivity contribution in [3.05, 3.63) is 41.4 Å². The highest BCUT2D eigenvalue weighted by Crippen LogP contribution is 2.33. The Morgan fingerprint density at radius 2 is 2.29 bits per heavy atom. The van der Waals surface area contributed by atoms with Gasteiger partial charge in [0, 0.05) is 23.8 Å². The normalized spacial score (nSPS) is 14.5. The third kappa shape index (κ3) is 2.70. The van der Waals surface area contributed by atoms with Crippen LogP contribution in [0.5, 0.6) is 0 Å². The van der Waals surface area contributed by atoms with Crippen molar-refractivity contribution < 1.29 is 4.79 Å². The number of hydrogen-bond acceptors (Lipinski definition) is 2. The summed E-state index contributed by atoms with van der Waals surface area (Å²) in [5, 5.41) is 0.532. The quantitative estimate of drug-likeness (QED) is 0.586. The van der Waals surface area contributed by atoms with E-state index in [0.29, 0.717) is 16.6 Å². The molecule has 1 aliphatic rings. The summed E-state index contributed by atoms with van der Waals surface area (Å²) in [5.74, 6) is 0.00300. The lowest BCUT2D eigenvalue weighted by molar-refractivity contribution is 0.101. The molecular weight excluding hydrogens is 234 g/mol. The maximum Gasteiger partial charge on any atom is 0.161 e. The van der Waals surface area contributed by atoms with Crippen molar-refractivity contribution in [1.29, 1.82) is 0 Å². The van der Waals surface area contributed by atoms with E-state index in [1.807, 2.05) is 18.2 Å². The minimum atomic E-state index is 0.00300. The zero-order valence-corrected chi connectivity index (χ0v) is 10.7. The van der Waals surface area contributed by atoms with Crippen molar-refractivity contribution >= 4 is 23.1 Å². The van der Waals surface area contributed by atoms with Gasteiger partial charge in [-0.15, -0.1) is 6.58 Å². The van der Waals surface area contributed by atoms with Crippen molar-refractivity contribution in [3.8, 4) is 0 Å². The number of anilines is 1. The lowest BCUT2D eigenvalue weighted by atomic mass is 10.1. The van der Waals surface area contributed by atoms with Crippen molar-refractivity contribution in [2.45, 2.75) is 25.8 Å². The summed E-state index contributed by atoms with van der Waals surface area (Å²) in [6.45, 7) is 6.13. The molecule has 0 aromatic heterocycles. The van der Waals surface area contributed by atoms with Gasteiger partial charge >= 0.3 is 0 Å². The zero-order valence-electron chi connectivity index (χ0n) is 9.95. The van der Waals surface area contributed by atoms with Crippen LogP contribution in [0, 0.1) is 0 Å². The van der Waals surface area contributed by atoms with Gasteiger partial charge in [-0.1, -0.05) is 17.7 Å². The molecule has 1 aromatic rings. The molecule has 0 N–H and O–H groups in total. The first-order valence-corrected chi connectivity index (χ1v) is 6.19. The molecule has 1 fully saturated rings. The SMILES string of the molecule is C=CCN(c1ccc(C(C)=O)c(Cl)c1)C1CC1. The third-order valence-electron chi connectivity index (χ3n) is 2.98. The third-order valence-corrected chi connectivity index (χ3v) is 3.29. The molecule has 0 amide bonds. The zero-order chi connectivity index (χ0) is 12.4. The lowest BCUT2D eigenvalue weighted by Gasteiger charge is -2.23. The second-order valence-corrected chi connectivity index (χ2v) is 4.80. The van der Waals surface area contributed by atoms with Crippen LogP contribution in [0.4, 0.5) is 5.69 Å². The topological polar surface area (TPSA) is 20.3 Å². The van der Waals surface area contributed by atoms with Crippen LogP contribution in [0.2, 0.25) is 5.02 Å². The summed E-state index contributed by atoms with van der Waals surface area (Å²) in [7, 11) is 0. The lowest BCUT2D eigenvalue weighted by Crippen LogP contribution is -2.25. The monoisotopic (exact) mass is 249 g/mol. The van der Waals surface area contributed by atoms with Crippen molar-refractivity contribution in [1.82, 2.24) is 0 Å². The highest BCUT2D eigenvalue weighted by molar-refractivity contribution is 6.34. The van der Waals surface area contributed by atoms with E-state index >= 15 is 0 Å².